The highest BCUT2D eigenvalue weighted by Crippen LogP contribution is 2.35. The molecule has 0 radical (unpaired) electrons. The largest absolute Gasteiger partial charge is 0.428 e. The van der Waals surface area contributed by atoms with Crippen molar-refractivity contribution in [3.63, 3.8) is 0 Å². The number of fused-ring (bicyclic) bond motifs is 1. The van der Waals surface area contributed by atoms with Gasteiger partial charge in [-0.1, -0.05) is 57.0 Å². The molecule has 2 aromatic carbocycles. The molecule has 9 nitrogen and oxygen atoms in total. The van der Waals surface area contributed by atoms with Crippen LogP contribution in [0, 0.1) is 11.8 Å². The van der Waals surface area contributed by atoms with Crippen LogP contribution in [0.2, 0.25) is 0 Å². The van der Waals surface area contributed by atoms with E-state index in [9.17, 15) is 19.2 Å². The van der Waals surface area contributed by atoms with Crippen LogP contribution in [-0.4, -0.2) is 72.3 Å². The Balaban J connectivity index is 1.48. The smallest absolute Gasteiger partial charge is 0.298 e. The van der Waals surface area contributed by atoms with E-state index < -0.39 is 12.1 Å². The number of hydrogen-bond donors (Lipinski definition) is 2. The predicted octanol–water partition coefficient (Wildman–Crippen LogP) is 3.09. The average molecular weight is 575 g/mol. The quantitative estimate of drug-likeness (QED) is 0.423. The lowest BCUT2D eigenvalue weighted by atomic mass is 9.85. The maximum atomic E-state index is 14.4. The third kappa shape index (κ3) is 6.07. The molecule has 224 valence electrons. The molecule has 5 rings (SSSR count). The second-order valence-electron chi connectivity index (χ2n) is 12.0. The fraction of sp³-hybridized carbons (Fsp3) is 0.515. The van der Waals surface area contributed by atoms with Crippen molar-refractivity contribution in [2.24, 2.45) is 11.8 Å². The molecule has 0 bridgehead atoms. The fourth-order valence-electron chi connectivity index (χ4n) is 6.98. The zero-order valence-electron chi connectivity index (χ0n) is 24.8. The standard InChI is InChI=1S/C33H42N4O5/c1-4-21(5-2)30-32(40)35-29(24-17-22-9-6-7-10-23(22)18-24)33(41)37(30)19-27-26(11-8-12-28(27)42-20-38)31(39)34-25-13-15-36(3)16-14-25/h6-12,20-21,24-25,29-30H,4-5,13-19H2,1-3H3,(H,34,39)(H,35,40)/t29-,30-/m1/s1. The van der Waals surface area contributed by atoms with Gasteiger partial charge in [0.1, 0.15) is 17.8 Å². The molecule has 2 fully saturated rings. The average Bonchev–Trinajstić information content (AvgIpc) is 3.43. The van der Waals surface area contributed by atoms with E-state index in [1.165, 1.54) is 11.1 Å². The van der Waals surface area contributed by atoms with Crippen LogP contribution in [0.4, 0.5) is 0 Å². The third-order valence-electron chi connectivity index (χ3n) is 9.44. The zero-order chi connectivity index (χ0) is 29.8. The molecule has 2 aliphatic heterocycles. The van der Waals surface area contributed by atoms with Crippen molar-refractivity contribution in [3.8, 4) is 5.75 Å². The second kappa shape index (κ2) is 13.1. The number of amides is 3. The molecule has 2 atom stereocenters. The number of piperidine rings is 1. The SMILES string of the molecule is CCC(CC)[C@@H]1C(=O)N[C@H](C2Cc3ccccc3C2)C(=O)N1Cc1c(OC=O)cccc1C(=O)NC1CCN(C)CC1. The van der Waals surface area contributed by atoms with Gasteiger partial charge in [0.05, 0.1) is 6.54 Å². The highest BCUT2D eigenvalue weighted by Gasteiger charge is 2.47. The molecule has 2 heterocycles. The summed E-state index contributed by atoms with van der Waals surface area (Å²) in [6.07, 6.45) is 4.54. The highest BCUT2D eigenvalue weighted by molar-refractivity contribution is 5.99. The van der Waals surface area contributed by atoms with Crippen molar-refractivity contribution in [1.29, 1.82) is 0 Å². The van der Waals surface area contributed by atoms with Crippen LogP contribution in [0.1, 0.15) is 66.6 Å². The number of nitrogens with zero attached hydrogens (tertiary/aromatic N) is 2. The van der Waals surface area contributed by atoms with Gasteiger partial charge in [-0.05, 0) is 80.9 Å². The number of carbonyl (C=O) groups is 4. The van der Waals surface area contributed by atoms with E-state index in [-0.39, 0.29) is 47.9 Å². The topological polar surface area (TPSA) is 108 Å². The van der Waals surface area contributed by atoms with Crippen LogP contribution in [0.25, 0.3) is 0 Å². The third-order valence-corrected chi connectivity index (χ3v) is 9.44. The Morgan fingerprint density at radius 1 is 1.05 bits per heavy atom. The lowest BCUT2D eigenvalue weighted by Crippen LogP contribution is -2.66. The summed E-state index contributed by atoms with van der Waals surface area (Å²) in [4.78, 5) is 57.1. The molecule has 0 spiro atoms. The Hall–Kier alpha value is -3.72. The number of piperazine rings is 1. The molecule has 9 heteroatoms. The summed E-state index contributed by atoms with van der Waals surface area (Å²) >= 11 is 0. The van der Waals surface area contributed by atoms with Gasteiger partial charge in [-0.15, -0.1) is 0 Å². The molecule has 3 aliphatic rings. The minimum absolute atomic E-state index is 0.0102. The molecule has 2 N–H and O–H groups in total. The van der Waals surface area contributed by atoms with Crippen molar-refractivity contribution >= 4 is 24.2 Å². The molecule has 0 aromatic heterocycles. The lowest BCUT2D eigenvalue weighted by molar-refractivity contribution is -0.154. The second-order valence-corrected chi connectivity index (χ2v) is 12.0. The Bertz CT molecular complexity index is 1290. The van der Waals surface area contributed by atoms with Crippen molar-refractivity contribution in [2.45, 2.75) is 77.0 Å². The van der Waals surface area contributed by atoms with Crippen molar-refractivity contribution in [2.75, 3.05) is 20.1 Å². The minimum atomic E-state index is -0.693. The first-order valence-electron chi connectivity index (χ1n) is 15.2. The first kappa shape index (κ1) is 29.8. The minimum Gasteiger partial charge on any atom is -0.428 e. The van der Waals surface area contributed by atoms with Gasteiger partial charge >= 0.3 is 0 Å². The maximum Gasteiger partial charge on any atom is 0.298 e. The van der Waals surface area contributed by atoms with E-state index >= 15 is 0 Å². The summed E-state index contributed by atoms with van der Waals surface area (Å²) in [6.45, 7) is 6.16. The molecular weight excluding hydrogens is 532 g/mol. The van der Waals surface area contributed by atoms with E-state index in [1.54, 1.807) is 23.1 Å². The summed E-state index contributed by atoms with van der Waals surface area (Å²) in [5, 5.41) is 6.24. The molecule has 2 aromatic rings. The molecule has 42 heavy (non-hydrogen) atoms. The Kier molecular flexibility index (Phi) is 9.26. The van der Waals surface area contributed by atoms with Crippen LogP contribution in [0.5, 0.6) is 5.75 Å². The van der Waals surface area contributed by atoms with Gasteiger partial charge in [0.25, 0.3) is 12.4 Å². The summed E-state index contributed by atoms with van der Waals surface area (Å²) in [7, 11) is 2.07. The van der Waals surface area contributed by atoms with Crippen LogP contribution >= 0.6 is 0 Å². The number of hydrogen-bond acceptors (Lipinski definition) is 6. The van der Waals surface area contributed by atoms with Gasteiger partial charge in [0.2, 0.25) is 11.8 Å². The molecular formula is C33H42N4O5. The predicted molar refractivity (Wildman–Crippen MR) is 159 cm³/mol. The van der Waals surface area contributed by atoms with E-state index in [2.05, 4.69) is 34.7 Å². The Morgan fingerprint density at radius 2 is 1.71 bits per heavy atom. The van der Waals surface area contributed by atoms with Crippen LogP contribution in [-0.2, 0) is 33.8 Å². The monoisotopic (exact) mass is 574 g/mol. The zero-order valence-corrected chi connectivity index (χ0v) is 24.8. The summed E-state index contributed by atoms with van der Waals surface area (Å²) < 4.78 is 5.35. The summed E-state index contributed by atoms with van der Waals surface area (Å²) in [5.74, 6) is -0.508. The van der Waals surface area contributed by atoms with E-state index in [4.69, 9.17) is 4.74 Å². The molecule has 0 saturated carbocycles. The van der Waals surface area contributed by atoms with E-state index in [0.29, 0.717) is 43.3 Å². The number of ether oxygens (including phenoxy) is 1. The number of nitrogens with one attached hydrogen (secondary N) is 2. The first-order valence-corrected chi connectivity index (χ1v) is 15.2. The van der Waals surface area contributed by atoms with Crippen molar-refractivity contribution < 1.29 is 23.9 Å². The van der Waals surface area contributed by atoms with Crippen LogP contribution in [0.15, 0.2) is 42.5 Å². The van der Waals surface area contributed by atoms with Gasteiger partial charge in [-0.2, -0.15) is 0 Å². The normalized spacial score (nSPS) is 21.8. The van der Waals surface area contributed by atoms with E-state index in [0.717, 1.165) is 25.9 Å². The fourth-order valence-corrected chi connectivity index (χ4v) is 6.98. The molecule has 0 unspecified atom stereocenters. The van der Waals surface area contributed by atoms with Crippen molar-refractivity contribution in [1.82, 2.24) is 20.4 Å². The van der Waals surface area contributed by atoms with Gasteiger partial charge in [0, 0.05) is 17.2 Å². The van der Waals surface area contributed by atoms with Gasteiger partial charge in [0.15, 0.2) is 0 Å². The van der Waals surface area contributed by atoms with Crippen molar-refractivity contribution in [3.05, 3.63) is 64.7 Å². The lowest BCUT2D eigenvalue weighted by Gasteiger charge is -2.44. The first-order chi connectivity index (χ1) is 20.3. The molecule has 1 aliphatic carbocycles. The van der Waals surface area contributed by atoms with Gasteiger partial charge < -0.3 is 25.2 Å². The summed E-state index contributed by atoms with van der Waals surface area (Å²) in [5.41, 5.74) is 3.19. The number of carbonyl (C=O) groups excluding carboxylic acids is 4. The van der Waals surface area contributed by atoms with Crippen LogP contribution < -0.4 is 15.4 Å². The number of likely N-dealkylation sites (tertiary alicyclic amines) is 1. The molecule has 2 saturated heterocycles. The van der Waals surface area contributed by atoms with Gasteiger partial charge in [-0.3, -0.25) is 19.2 Å². The number of rotatable bonds is 10. The highest BCUT2D eigenvalue weighted by atomic mass is 16.5. The van der Waals surface area contributed by atoms with Crippen LogP contribution in [0.3, 0.4) is 0 Å². The Morgan fingerprint density at radius 3 is 2.33 bits per heavy atom. The molecule has 3 amide bonds. The maximum absolute atomic E-state index is 14.4. The van der Waals surface area contributed by atoms with E-state index in [1.807, 2.05) is 26.0 Å². The Labute approximate surface area is 248 Å². The number of benzene rings is 2. The summed E-state index contributed by atoms with van der Waals surface area (Å²) in [6, 6.07) is 11.8. The van der Waals surface area contributed by atoms with Gasteiger partial charge in [-0.25, -0.2) is 0 Å².